The summed E-state index contributed by atoms with van der Waals surface area (Å²) in [5.41, 5.74) is 7.55. The molecular formula is C37H38F3N3O3. The van der Waals surface area contributed by atoms with Gasteiger partial charge in [0.15, 0.2) is 11.6 Å². The number of rotatable bonds is 13. The number of aryl methyl sites for hydroxylation is 1. The Bertz CT molecular complexity index is 1760. The first-order valence-corrected chi connectivity index (χ1v) is 15.4. The standard InChI is InChI=1S/C37H38F3N3O3/c1-23-20-27(14-16-31(23)38)24(2)30-15-17-34(44)43(37(30)41)36-32(39)21-29(22-33(36)40)45-19-9-18-42-35(26-10-5-4-6-11-26)25(3)46-28-12-7-8-13-28/h4-6,10-11,14-17,20-22,28,35,42H,2-3,7-9,12-13,18-19,41H2,1H3/t35-/m1/s1. The van der Waals surface area contributed by atoms with E-state index in [0.717, 1.165) is 54.0 Å². The van der Waals surface area contributed by atoms with Gasteiger partial charge in [0.05, 0.1) is 18.8 Å². The highest BCUT2D eigenvalue weighted by atomic mass is 19.1. The monoisotopic (exact) mass is 629 g/mol. The second-order valence-electron chi connectivity index (χ2n) is 11.5. The van der Waals surface area contributed by atoms with E-state index >= 15 is 8.78 Å². The van der Waals surface area contributed by atoms with Crippen molar-refractivity contribution in [3.63, 3.8) is 0 Å². The Hall–Kier alpha value is -4.76. The van der Waals surface area contributed by atoms with Crippen molar-refractivity contribution in [1.29, 1.82) is 0 Å². The molecule has 0 bridgehead atoms. The highest BCUT2D eigenvalue weighted by Gasteiger charge is 2.23. The lowest BCUT2D eigenvalue weighted by molar-refractivity contribution is 0.105. The lowest BCUT2D eigenvalue weighted by Crippen LogP contribution is -2.27. The van der Waals surface area contributed by atoms with Crippen molar-refractivity contribution in [2.75, 3.05) is 18.9 Å². The van der Waals surface area contributed by atoms with Gasteiger partial charge in [-0.15, -0.1) is 0 Å². The fourth-order valence-corrected chi connectivity index (χ4v) is 5.73. The average Bonchev–Trinajstić information content (AvgIpc) is 3.54. The van der Waals surface area contributed by atoms with E-state index in [1.165, 1.54) is 18.2 Å². The van der Waals surface area contributed by atoms with E-state index in [2.05, 4.69) is 18.5 Å². The number of halogens is 3. The first kappa shape index (κ1) is 32.6. The van der Waals surface area contributed by atoms with Crippen molar-refractivity contribution in [3.8, 4) is 11.4 Å². The summed E-state index contributed by atoms with van der Waals surface area (Å²) in [5.74, 6) is -2.00. The highest BCUT2D eigenvalue weighted by Crippen LogP contribution is 2.31. The number of pyridine rings is 1. The Balaban J connectivity index is 1.25. The fraction of sp³-hybridized carbons (Fsp3) is 0.270. The minimum atomic E-state index is -1.02. The molecule has 3 aromatic carbocycles. The van der Waals surface area contributed by atoms with Crippen molar-refractivity contribution >= 4 is 11.4 Å². The molecule has 0 radical (unpaired) electrons. The Morgan fingerprint density at radius 3 is 2.35 bits per heavy atom. The highest BCUT2D eigenvalue weighted by molar-refractivity contribution is 5.83. The predicted molar refractivity (Wildman–Crippen MR) is 175 cm³/mol. The summed E-state index contributed by atoms with van der Waals surface area (Å²) in [7, 11) is 0. The summed E-state index contributed by atoms with van der Waals surface area (Å²) < 4.78 is 57.2. The zero-order valence-electron chi connectivity index (χ0n) is 25.8. The summed E-state index contributed by atoms with van der Waals surface area (Å²) in [4.78, 5) is 12.8. The van der Waals surface area contributed by atoms with Gasteiger partial charge >= 0.3 is 0 Å². The largest absolute Gasteiger partial charge is 0.493 e. The molecule has 6 nitrogen and oxygen atoms in total. The van der Waals surface area contributed by atoms with E-state index < -0.39 is 22.9 Å². The Morgan fingerprint density at radius 1 is 0.978 bits per heavy atom. The number of nitrogens with one attached hydrogen (secondary N) is 1. The number of nitrogens with two attached hydrogens (primary N) is 1. The van der Waals surface area contributed by atoms with Crippen LogP contribution in [-0.4, -0.2) is 23.8 Å². The van der Waals surface area contributed by atoms with Crippen LogP contribution in [-0.2, 0) is 4.74 Å². The van der Waals surface area contributed by atoms with Gasteiger partial charge < -0.3 is 20.5 Å². The maximum absolute atomic E-state index is 15.4. The molecule has 1 saturated carbocycles. The Labute approximate surface area is 267 Å². The summed E-state index contributed by atoms with van der Waals surface area (Å²) in [6.45, 7) is 10.5. The van der Waals surface area contributed by atoms with Gasteiger partial charge in [0.2, 0.25) is 0 Å². The van der Waals surface area contributed by atoms with E-state index in [0.29, 0.717) is 35.4 Å². The second kappa shape index (κ2) is 14.6. The molecule has 1 atom stereocenters. The number of nitrogen functional groups attached to an aromatic ring is 1. The summed E-state index contributed by atoms with van der Waals surface area (Å²) in [6.07, 6.45) is 5.08. The van der Waals surface area contributed by atoms with Crippen molar-refractivity contribution in [2.45, 2.75) is 51.2 Å². The van der Waals surface area contributed by atoms with Crippen LogP contribution in [0, 0.1) is 24.4 Å². The maximum Gasteiger partial charge on any atom is 0.256 e. The van der Waals surface area contributed by atoms with E-state index in [1.807, 2.05) is 30.3 Å². The second-order valence-corrected chi connectivity index (χ2v) is 11.5. The van der Waals surface area contributed by atoms with Crippen LogP contribution in [0.2, 0.25) is 0 Å². The molecule has 1 aliphatic carbocycles. The third-order valence-corrected chi connectivity index (χ3v) is 8.19. The first-order valence-electron chi connectivity index (χ1n) is 15.4. The molecule has 0 unspecified atom stereocenters. The van der Waals surface area contributed by atoms with Gasteiger partial charge in [0.1, 0.15) is 28.8 Å². The topological polar surface area (TPSA) is 78.5 Å². The molecule has 0 saturated heterocycles. The number of benzene rings is 3. The van der Waals surface area contributed by atoms with Crippen LogP contribution in [0.15, 0.2) is 96.5 Å². The first-order chi connectivity index (χ1) is 22.1. The number of ether oxygens (including phenoxy) is 2. The van der Waals surface area contributed by atoms with Gasteiger partial charge in [-0.3, -0.25) is 9.36 Å². The summed E-state index contributed by atoms with van der Waals surface area (Å²) in [6, 6.07) is 18.7. The zero-order valence-corrected chi connectivity index (χ0v) is 25.8. The van der Waals surface area contributed by atoms with Crippen molar-refractivity contribution < 1.29 is 22.6 Å². The van der Waals surface area contributed by atoms with Gasteiger partial charge in [0.25, 0.3) is 5.56 Å². The van der Waals surface area contributed by atoms with Crippen LogP contribution in [0.3, 0.4) is 0 Å². The molecule has 46 heavy (non-hydrogen) atoms. The van der Waals surface area contributed by atoms with E-state index in [-0.39, 0.29) is 41.7 Å². The minimum Gasteiger partial charge on any atom is -0.493 e. The minimum absolute atomic E-state index is 0.0266. The molecule has 1 aliphatic rings. The normalized spacial score (nSPS) is 13.8. The number of anilines is 1. The van der Waals surface area contributed by atoms with Gasteiger partial charge in [0, 0.05) is 23.8 Å². The number of aromatic nitrogens is 1. The number of nitrogens with zero attached hydrogens (tertiary/aromatic N) is 1. The van der Waals surface area contributed by atoms with Crippen LogP contribution in [0.25, 0.3) is 11.3 Å². The number of hydrogen-bond donors (Lipinski definition) is 2. The van der Waals surface area contributed by atoms with Crippen molar-refractivity contribution in [2.24, 2.45) is 0 Å². The smallest absolute Gasteiger partial charge is 0.256 e. The lowest BCUT2D eigenvalue weighted by Gasteiger charge is -2.25. The molecule has 4 aromatic rings. The molecule has 0 spiro atoms. The molecule has 0 aliphatic heterocycles. The SMILES string of the molecule is C=C(c1ccc(F)c(C)c1)c1ccc(=O)n(-c2c(F)cc(OCCCN[C@H](C(=C)OC3CCCC3)c3ccccc3)cc2F)c1N. The molecule has 9 heteroatoms. The van der Waals surface area contributed by atoms with Gasteiger partial charge in [-0.05, 0) is 86.0 Å². The van der Waals surface area contributed by atoms with E-state index in [1.54, 1.807) is 13.0 Å². The molecule has 3 N–H and O–H groups in total. The Kier molecular flexibility index (Phi) is 10.3. The fourth-order valence-electron chi connectivity index (χ4n) is 5.73. The maximum atomic E-state index is 15.4. The van der Waals surface area contributed by atoms with Crippen LogP contribution < -0.4 is 21.3 Å². The molecular weight excluding hydrogens is 591 g/mol. The van der Waals surface area contributed by atoms with Gasteiger partial charge in [-0.25, -0.2) is 13.2 Å². The van der Waals surface area contributed by atoms with Crippen molar-refractivity contribution in [3.05, 3.63) is 142 Å². The number of hydrogen-bond acceptors (Lipinski definition) is 5. The van der Waals surface area contributed by atoms with E-state index in [4.69, 9.17) is 15.2 Å². The molecule has 240 valence electrons. The van der Waals surface area contributed by atoms with Gasteiger partial charge in [-0.1, -0.05) is 49.6 Å². The predicted octanol–water partition coefficient (Wildman–Crippen LogP) is 7.78. The zero-order chi connectivity index (χ0) is 32.8. The van der Waals surface area contributed by atoms with Gasteiger partial charge in [-0.2, -0.15) is 0 Å². The van der Waals surface area contributed by atoms with Crippen LogP contribution in [0.1, 0.15) is 60.4 Å². The Morgan fingerprint density at radius 2 is 1.67 bits per heavy atom. The average molecular weight is 630 g/mol. The van der Waals surface area contributed by atoms with Crippen LogP contribution in [0.4, 0.5) is 19.0 Å². The van der Waals surface area contributed by atoms with Crippen molar-refractivity contribution in [1.82, 2.24) is 9.88 Å². The third kappa shape index (κ3) is 7.37. The summed E-state index contributed by atoms with van der Waals surface area (Å²) in [5, 5.41) is 3.46. The molecule has 1 heterocycles. The third-order valence-electron chi connectivity index (χ3n) is 8.19. The van der Waals surface area contributed by atoms with Crippen LogP contribution >= 0.6 is 0 Å². The quantitative estimate of drug-likeness (QED) is 0.117. The molecule has 0 amide bonds. The molecule has 5 rings (SSSR count). The van der Waals surface area contributed by atoms with E-state index in [9.17, 15) is 9.18 Å². The summed E-state index contributed by atoms with van der Waals surface area (Å²) >= 11 is 0. The molecule has 1 fully saturated rings. The van der Waals surface area contributed by atoms with Crippen LogP contribution in [0.5, 0.6) is 5.75 Å². The lowest BCUT2D eigenvalue weighted by atomic mass is 9.98. The molecule has 1 aromatic heterocycles.